The van der Waals surface area contributed by atoms with Gasteiger partial charge in [0.05, 0.1) is 0 Å². The van der Waals surface area contributed by atoms with Crippen LogP contribution in [0.3, 0.4) is 0 Å². The third-order valence-electron chi connectivity index (χ3n) is 3.01. The van der Waals surface area contributed by atoms with Crippen molar-refractivity contribution < 1.29 is 0 Å². The Labute approximate surface area is 104 Å². The largest absolute Gasteiger partial charge is 0.327 e. The Balaban J connectivity index is 1.97. The molecule has 0 bridgehead atoms. The zero-order chi connectivity index (χ0) is 11.8. The number of hydrogen-bond acceptors (Lipinski definition) is 3. The standard InChI is InChI=1S/C12H13ClN4/c13-9-3-1-8(2-4-9)12-15-11-7-10(14)5-6-17(11)16-12/h1-4,10H,5-7,14H2. The van der Waals surface area contributed by atoms with Gasteiger partial charge in [0.15, 0.2) is 5.82 Å². The number of fused-ring (bicyclic) bond motifs is 1. The molecule has 1 unspecified atom stereocenters. The SMILES string of the molecule is NC1CCn2nc(-c3ccc(Cl)cc3)nc2C1. The first-order chi connectivity index (χ1) is 8.22. The molecule has 1 atom stereocenters. The minimum absolute atomic E-state index is 0.213. The molecule has 0 spiro atoms. The molecule has 0 saturated carbocycles. The number of nitrogens with two attached hydrogens (primary N) is 1. The van der Waals surface area contributed by atoms with Crippen molar-refractivity contribution in [3.63, 3.8) is 0 Å². The average molecular weight is 249 g/mol. The van der Waals surface area contributed by atoms with Crippen LogP contribution in [0.15, 0.2) is 24.3 Å². The molecule has 1 aliphatic heterocycles. The van der Waals surface area contributed by atoms with Crippen LogP contribution >= 0.6 is 11.6 Å². The summed E-state index contributed by atoms with van der Waals surface area (Å²) in [7, 11) is 0. The van der Waals surface area contributed by atoms with E-state index in [0.717, 1.165) is 41.6 Å². The lowest BCUT2D eigenvalue weighted by Gasteiger charge is -2.17. The molecule has 2 heterocycles. The van der Waals surface area contributed by atoms with Crippen LogP contribution in [-0.2, 0) is 13.0 Å². The van der Waals surface area contributed by atoms with E-state index in [1.54, 1.807) is 0 Å². The van der Waals surface area contributed by atoms with Gasteiger partial charge in [-0.15, -0.1) is 0 Å². The van der Waals surface area contributed by atoms with E-state index in [2.05, 4.69) is 10.1 Å². The summed E-state index contributed by atoms with van der Waals surface area (Å²) in [4.78, 5) is 4.53. The average Bonchev–Trinajstić information content (AvgIpc) is 2.72. The Morgan fingerprint density at radius 3 is 2.82 bits per heavy atom. The normalized spacial score (nSPS) is 19.1. The monoisotopic (exact) mass is 248 g/mol. The van der Waals surface area contributed by atoms with Crippen molar-refractivity contribution in [3.05, 3.63) is 35.1 Å². The Bertz CT molecular complexity index is 532. The van der Waals surface area contributed by atoms with E-state index in [4.69, 9.17) is 17.3 Å². The minimum atomic E-state index is 0.213. The summed E-state index contributed by atoms with van der Waals surface area (Å²) in [5, 5.41) is 5.21. The number of aryl methyl sites for hydroxylation is 1. The molecule has 5 heteroatoms. The lowest BCUT2D eigenvalue weighted by molar-refractivity contribution is 0.433. The molecule has 0 saturated heterocycles. The lowest BCUT2D eigenvalue weighted by Crippen LogP contribution is -2.31. The molecule has 1 aromatic heterocycles. The van der Waals surface area contributed by atoms with E-state index >= 15 is 0 Å². The summed E-state index contributed by atoms with van der Waals surface area (Å²) < 4.78 is 1.95. The van der Waals surface area contributed by atoms with Crippen molar-refractivity contribution in [2.24, 2.45) is 5.73 Å². The first-order valence-electron chi connectivity index (χ1n) is 5.67. The summed E-state index contributed by atoms with van der Waals surface area (Å²) in [6, 6.07) is 7.78. The van der Waals surface area contributed by atoms with E-state index in [9.17, 15) is 0 Å². The molecule has 3 rings (SSSR count). The molecule has 1 aliphatic rings. The van der Waals surface area contributed by atoms with Gasteiger partial charge in [0.2, 0.25) is 0 Å². The summed E-state index contributed by atoms with van der Waals surface area (Å²) in [6.45, 7) is 0.858. The van der Waals surface area contributed by atoms with Crippen molar-refractivity contribution in [3.8, 4) is 11.4 Å². The van der Waals surface area contributed by atoms with E-state index in [1.165, 1.54) is 0 Å². The quantitative estimate of drug-likeness (QED) is 0.838. The molecule has 88 valence electrons. The third-order valence-corrected chi connectivity index (χ3v) is 3.26. The first kappa shape index (κ1) is 10.7. The molecular weight excluding hydrogens is 236 g/mol. The van der Waals surface area contributed by atoms with Gasteiger partial charge in [-0.05, 0) is 30.7 Å². The van der Waals surface area contributed by atoms with Crippen LogP contribution in [0.4, 0.5) is 0 Å². The number of aromatic nitrogens is 3. The smallest absolute Gasteiger partial charge is 0.181 e. The molecular formula is C12H13ClN4. The van der Waals surface area contributed by atoms with E-state index in [1.807, 2.05) is 28.9 Å². The molecule has 0 aliphatic carbocycles. The second-order valence-electron chi connectivity index (χ2n) is 4.33. The highest BCUT2D eigenvalue weighted by molar-refractivity contribution is 6.30. The van der Waals surface area contributed by atoms with Gasteiger partial charge in [0.25, 0.3) is 0 Å². The van der Waals surface area contributed by atoms with Crippen LogP contribution in [0.5, 0.6) is 0 Å². The van der Waals surface area contributed by atoms with Gasteiger partial charge in [0.1, 0.15) is 5.82 Å². The van der Waals surface area contributed by atoms with Crippen LogP contribution in [-0.4, -0.2) is 20.8 Å². The Hall–Kier alpha value is -1.39. The number of nitrogens with zero attached hydrogens (tertiary/aromatic N) is 3. The fraction of sp³-hybridized carbons (Fsp3) is 0.333. The molecule has 4 nitrogen and oxygen atoms in total. The van der Waals surface area contributed by atoms with Crippen molar-refractivity contribution in [1.29, 1.82) is 0 Å². The second kappa shape index (κ2) is 4.13. The van der Waals surface area contributed by atoms with Gasteiger partial charge in [-0.25, -0.2) is 9.67 Å². The predicted molar refractivity (Wildman–Crippen MR) is 66.8 cm³/mol. The van der Waals surface area contributed by atoms with Crippen molar-refractivity contribution in [1.82, 2.24) is 14.8 Å². The van der Waals surface area contributed by atoms with Gasteiger partial charge in [0, 0.05) is 29.6 Å². The Kier molecular flexibility index (Phi) is 2.61. The summed E-state index contributed by atoms with van der Waals surface area (Å²) >= 11 is 5.86. The van der Waals surface area contributed by atoms with Gasteiger partial charge in [-0.1, -0.05) is 11.6 Å². The highest BCUT2D eigenvalue weighted by Gasteiger charge is 2.19. The lowest BCUT2D eigenvalue weighted by atomic mass is 10.1. The van der Waals surface area contributed by atoms with Crippen LogP contribution in [0, 0.1) is 0 Å². The molecule has 17 heavy (non-hydrogen) atoms. The van der Waals surface area contributed by atoms with Gasteiger partial charge in [-0.3, -0.25) is 0 Å². The number of rotatable bonds is 1. The summed E-state index contributed by atoms with van der Waals surface area (Å²) in [5.74, 6) is 1.74. The maximum absolute atomic E-state index is 5.92. The summed E-state index contributed by atoms with van der Waals surface area (Å²) in [5.41, 5.74) is 6.91. The number of hydrogen-bond donors (Lipinski definition) is 1. The van der Waals surface area contributed by atoms with Crippen LogP contribution in [0.2, 0.25) is 5.02 Å². The number of halogens is 1. The van der Waals surface area contributed by atoms with E-state index in [0.29, 0.717) is 0 Å². The first-order valence-corrected chi connectivity index (χ1v) is 6.05. The maximum atomic E-state index is 5.92. The predicted octanol–water partition coefficient (Wildman–Crippen LogP) is 1.87. The minimum Gasteiger partial charge on any atom is -0.327 e. The van der Waals surface area contributed by atoms with Gasteiger partial charge in [-0.2, -0.15) is 5.10 Å². The van der Waals surface area contributed by atoms with Crippen molar-refractivity contribution in [2.45, 2.75) is 25.4 Å². The molecule has 2 N–H and O–H groups in total. The fourth-order valence-corrected chi connectivity index (χ4v) is 2.18. The van der Waals surface area contributed by atoms with Crippen molar-refractivity contribution in [2.75, 3.05) is 0 Å². The van der Waals surface area contributed by atoms with E-state index < -0.39 is 0 Å². The molecule has 0 amide bonds. The van der Waals surface area contributed by atoms with Crippen LogP contribution in [0.1, 0.15) is 12.2 Å². The third kappa shape index (κ3) is 2.06. The highest BCUT2D eigenvalue weighted by atomic mass is 35.5. The molecule has 0 fully saturated rings. The van der Waals surface area contributed by atoms with Crippen LogP contribution in [0.25, 0.3) is 11.4 Å². The van der Waals surface area contributed by atoms with Gasteiger partial charge < -0.3 is 5.73 Å². The molecule has 1 aromatic carbocycles. The molecule has 2 aromatic rings. The van der Waals surface area contributed by atoms with Crippen molar-refractivity contribution >= 4 is 11.6 Å². The molecule has 0 radical (unpaired) electrons. The van der Waals surface area contributed by atoms with E-state index in [-0.39, 0.29) is 6.04 Å². The number of benzene rings is 1. The van der Waals surface area contributed by atoms with Gasteiger partial charge >= 0.3 is 0 Å². The fourth-order valence-electron chi connectivity index (χ4n) is 2.05. The topological polar surface area (TPSA) is 56.7 Å². The Morgan fingerprint density at radius 1 is 1.29 bits per heavy atom. The summed E-state index contributed by atoms with van der Waals surface area (Å²) in [6.07, 6.45) is 1.77. The highest BCUT2D eigenvalue weighted by Crippen LogP contribution is 2.21. The Morgan fingerprint density at radius 2 is 2.06 bits per heavy atom. The second-order valence-corrected chi connectivity index (χ2v) is 4.77. The van der Waals surface area contributed by atoms with Crippen LogP contribution < -0.4 is 5.73 Å². The zero-order valence-corrected chi connectivity index (χ0v) is 10.1. The zero-order valence-electron chi connectivity index (χ0n) is 9.31. The maximum Gasteiger partial charge on any atom is 0.181 e.